The van der Waals surface area contributed by atoms with Crippen LogP contribution in [0, 0.1) is 0 Å². The second-order valence-electron chi connectivity index (χ2n) is 5.98. The van der Waals surface area contributed by atoms with E-state index in [-0.39, 0.29) is 21.8 Å². The third-order valence-corrected chi connectivity index (χ3v) is 4.80. The summed E-state index contributed by atoms with van der Waals surface area (Å²) in [6, 6.07) is 19.6. The zero-order valence-electron chi connectivity index (χ0n) is 14.3. The summed E-state index contributed by atoms with van der Waals surface area (Å²) in [6.07, 6.45) is 0. The van der Waals surface area contributed by atoms with E-state index >= 15 is 0 Å². The van der Waals surface area contributed by atoms with Crippen molar-refractivity contribution in [3.05, 3.63) is 98.6 Å². The van der Waals surface area contributed by atoms with Gasteiger partial charge in [-0.05, 0) is 42.5 Å². The maximum atomic E-state index is 12.6. The van der Waals surface area contributed by atoms with Crippen LogP contribution in [0.5, 0.6) is 5.75 Å². The maximum absolute atomic E-state index is 12.6. The Labute approximate surface area is 169 Å². The Hall–Kier alpha value is -3.08. The summed E-state index contributed by atoms with van der Waals surface area (Å²) >= 11 is 12.2. The van der Waals surface area contributed by atoms with Crippen LogP contribution in [0.2, 0.25) is 10.0 Å². The second-order valence-corrected chi connectivity index (χ2v) is 6.80. The fraction of sp³-hybridized carbons (Fsp3) is 0. The summed E-state index contributed by atoms with van der Waals surface area (Å²) in [7, 11) is 0. The first-order valence-corrected chi connectivity index (χ1v) is 9.08. The highest BCUT2D eigenvalue weighted by Crippen LogP contribution is 2.29. The molecule has 0 aliphatic heterocycles. The van der Waals surface area contributed by atoms with Gasteiger partial charge in [-0.25, -0.2) is 4.79 Å². The summed E-state index contributed by atoms with van der Waals surface area (Å²) in [5.74, 6) is -0.0267. The molecule has 0 unspecified atom stereocenters. The second kappa shape index (κ2) is 7.50. The Morgan fingerprint density at radius 1 is 0.857 bits per heavy atom. The fourth-order valence-corrected chi connectivity index (χ4v) is 3.22. The number of hydrogen-bond acceptors (Lipinski definition) is 4. The molecule has 6 heteroatoms. The highest BCUT2D eigenvalue weighted by Gasteiger charge is 2.14. The van der Waals surface area contributed by atoms with Crippen molar-refractivity contribution in [1.29, 1.82) is 0 Å². The number of esters is 1. The SMILES string of the molecule is O=C(Oc1ccc2oc(-c3ccccc3Cl)cc(=O)c2c1)c1ccccc1Cl. The molecule has 0 saturated heterocycles. The molecule has 3 aromatic carbocycles. The number of carbonyl (C=O) groups is 1. The van der Waals surface area contributed by atoms with E-state index in [1.807, 2.05) is 6.07 Å². The van der Waals surface area contributed by atoms with Crippen LogP contribution in [-0.2, 0) is 0 Å². The Morgan fingerprint density at radius 2 is 1.57 bits per heavy atom. The summed E-state index contributed by atoms with van der Waals surface area (Å²) in [5, 5.41) is 1.06. The summed E-state index contributed by atoms with van der Waals surface area (Å²) in [6.45, 7) is 0. The van der Waals surface area contributed by atoms with Crippen molar-refractivity contribution in [2.75, 3.05) is 0 Å². The van der Waals surface area contributed by atoms with E-state index in [2.05, 4.69) is 0 Å². The van der Waals surface area contributed by atoms with Gasteiger partial charge in [0, 0.05) is 11.6 Å². The molecule has 0 saturated carbocycles. The minimum Gasteiger partial charge on any atom is -0.456 e. The Balaban J connectivity index is 1.70. The van der Waals surface area contributed by atoms with Crippen LogP contribution in [0.1, 0.15) is 10.4 Å². The number of carbonyl (C=O) groups excluding carboxylic acids is 1. The van der Waals surface area contributed by atoms with Gasteiger partial charge in [-0.15, -0.1) is 0 Å². The first-order chi connectivity index (χ1) is 13.5. The molecule has 4 aromatic rings. The average molecular weight is 411 g/mol. The van der Waals surface area contributed by atoms with E-state index in [0.29, 0.717) is 27.3 Å². The summed E-state index contributed by atoms with van der Waals surface area (Å²) < 4.78 is 11.2. The lowest BCUT2D eigenvalue weighted by molar-refractivity contribution is 0.0735. The van der Waals surface area contributed by atoms with Gasteiger partial charge in [0.25, 0.3) is 0 Å². The largest absolute Gasteiger partial charge is 0.456 e. The molecule has 0 N–H and O–H groups in total. The number of fused-ring (bicyclic) bond motifs is 1. The molecule has 4 rings (SSSR count). The monoisotopic (exact) mass is 410 g/mol. The van der Waals surface area contributed by atoms with Crippen molar-refractivity contribution in [2.24, 2.45) is 0 Å². The molecule has 0 aliphatic rings. The van der Waals surface area contributed by atoms with Crippen molar-refractivity contribution in [2.45, 2.75) is 0 Å². The van der Waals surface area contributed by atoms with E-state index in [1.54, 1.807) is 54.6 Å². The quantitative estimate of drug-likeness (QED) is 0.307. The lowest BCUT2D eigenvalue weighted by atomic mass is 10.1. The number of rotatable bonds is 3. The molecule has 1 heterocycles. The maximum Gasteiger partial charge on any atom is 0.345 e. The average Bonchev–Trinajstić information content (AvgIpc) is 2.69. The van der Waals surface area contributed by atoms with Gasteiger partial charge in [-0.1, -0.05) is 47.5 Å². The minimum absolute atomic E-state index is 0.218. The molecule has 0 radical (unpaired) electrons. The lowest BCUT2D eigenvalue weighted by Gasteiger charge is -2.08. The Bertz CT molecular complexity index is 1260. The highest BCUT2D eigenvalue weighted by atomic mass is 35.5. The van der Waals surface area contributed by atoms with Gasteiger partial charge in [0.15, 0.2) is 5.43 Å². The highest BCUT2D eigenvalue weighted by molar-refractivity contribution is 6.33. The zero-order valence-corrected chi connectivity index (χ0v) is 15.8. The molecule has 138 valence electrons. The molecule has 0 amide bonds. The van der Waals surface area contributed by atoms with Gasteiger partial charge < -0.3 is 9.15 Å². The van der Waals surface area contributed by atoms with Gasteiger partial charge >= 0.3 is 5.97 Å². The van der Waals surface area contributed by atoms with Crippen LogP contribution < -0.4 is 10.2 Å². The molecular formula is C22H12Cl2O4. The van der Waals surface area contributed by atoms with Gasteiger partial charge in [0.2, 0.25) is 0 Å². The molecule has 0 bridgehead atoms. The van der Waals surface area contributed by atoms with Crippen LogP contribution in [0.3, 0.4) is 0 Å². The predicted molar refractivity (Wildman–Crippen MR) is 109 cm³/mol. The van der Waals surface area contributed by atoms with E-state index in [1.165, 1.54) is 12.1 Å². The smallest absolute Gasteiger partial charge is 0.345 e. The van der Waals surface area contributed by atoms with Gasteiger partial charge in [0.1, 0.15) is 17.1 Å². The lowest BCUT2D eigenvalue weighted by Crippen LogP contribution is -2.09. The van der Waals surface area contributed by atoms with Crippen molar-refractivity contribution < 1.29 is 13.9 Å². The first kappa shape index (κ1) is 18.3. The van der Waals surface area contributed by atoms with Gasteiger partial charge in [-0.2, -0.15) is 0 Å². The minimum atomic E-state index is -0.609. The molecule has 28 heavy (non-hydrogen) atoms. The van der Waals surface area contributed by atoms with Crippen molar-refractivity contribution in [1.82, 2.24) is 0 Å². The Kier molecular flexibility index (Phi) is 4.90. The molecule has 4 nitrogen and oxygen atoms in total. The zero-order chi connectivity index (χ0) is 19.7. The van der Waals surface area contributed by atoms with E-state index in [4.69, 9.17) is 32.4 Å². The number of benzene rings is 3. The van der Waals surface area contributed by atoms with Crippen molar-refractivity contribution >= 4 is 40.1 Å². The third kappa shape index (κ3) is 3.52. The summed E-state index contributed by atoms with van der Waals surface area (Å²) in [5.41, 5.74) is 0.953. The van der Waals surface area contributed by atoms with Crippen LogP contribution in [0.4, 0.5) is 0 Å². The predicted octanol–water partition coefficient (Wildman–Crippen LogP) is 5.99. The van der Waals surface area contributed by atoms with Crippen molar-refractivity contribution in [3.8, 4) is 17.1 Å². The fourth-order valence-electron chi connectivity index (χ4n) is 2.78. The van der Waals surface area contributed by atoms with E-state index in [0.717, 1.165) is 0 Å². The molecule has 0 aliphatic carbocycles. The molecular weight excluding hydrogens is 399 g/mol. The topological polar surface area (TPSA) is 56.5 Å². The van der Waals surface area contributed by atoms with Gasteiger partial charge in [-0.3, -0.25) is 4.79 Å². The molecule has 1 aromatic heterocycles. The van der Waals surface area contributed by atoms with Crippen molar-refractivity contribution in [3.63, 3.8) is 0 Å². The molecule has 0 fully saturated rings. The standard InChI is InChI=1S/C22H12Cl2O4/c23-17-7-3-1-5-14(17)21-12-19(25)16-11-13(9-10-20(16)28-21)27-22(26)15-6-2-4-8-18(15)24/h1-12H. The van der Waals surface area contributed by atoms with E-state index in [9.17, 15) is 9.59 Å². The van der Waals surface area contributed by atoms with Crippen LogP contribution >= 0.6 is 23.2 Å². The molecule has 0 spiro atoms. The normalized spacial score (nSPS) is 10.8. The summed E-state index contributed by atoms with van der Waals surface area (Å²) in [4.78, 5) is 24.9. The van der Waals surface area contributed by atoms with Crippen LogP contribution in [0.15, 0.2) is 82.0 Å². The third-order valence-electron chi connectivity index (χ3n) is 4.14. The van der Waals surface area contributed by atoms with E-state index < -0.39 is 5.97 Å². The number of hydrogen-bond donors (Lipinski definition) is 0. The molecule has 0 atom stereocenters. The van der Waals surface area contributed by atoms with Crippen LogP contribution in [0.25, 0.3) is 22.3 Å². The number of halogens is 2. The number of ether oxygens (including phenoxy) is 1. The Morgan fingerprint density at radius 3 is 2.32 bits per heavy atom. The first-order valence-electron chi connectivity index (χ1n) is 8.32. The van der Waals surface area contributed by atoms with Crippen LogP contribution in [-0.4, -0.2) is 5.97 Å². The van der Waals surface area contributed by atoms with Gasteiger partial charge in [0.05, 0.1) is 21.0 Å².